The van der Waals surface area contributed by atoms with Crippen molar-refractivity contribution >= 4 is 16.6 Å². The van der Waals surface area contributed by atoms with Crippen LogP contribution in [-0.2, 0) is 0 Å². The third-order valence-corrected chi connectivity index (χ3v) is 2.96. The number of fused-ring (bicyclic) bond motifs is 1. The second-order valence-corrected chi connectivity index (χ2v) is 5.93. The van der Waals surface area contributed by atoms with Gasteiger partial charge in [0.2, 0.25) is 0 Å². The number of nitrogens with zero attached hydrogens (tertiary/aromatic N) is 1. The topological polar surface area (TPSA) is 37.0 Å². The van der Waals surface area contributed by atoms with Gasteiger partial charge in [-0.2, -0.15) is 0 Å². The van der Waals surface area contributed by atoms with Gasteiger partial charge in [-0.25, -0.2) is 0 Å². The lowest BCUT2D eigenvalue weighted by Crippen LogP contribution is -2.38. The molecule has 0 saturated carbocycles. The van der Waals surface area contributed by atoms with E-state index in [0.29, 0.717) is 0 Å². The normalized spacial score (nSPS) is 11.8. The molecule has 1 aromatic heterocycles. The zero-order chi connectivity index (χ0) is 13.9. The number of para-hydroxylation sites is 1. The van der Waals surface area contributed by atoms with Gasteiger partial charge < -0.3 is 10.6 Å². The lowest BCUT2D eigenvalue weighted by atomic mass is 10.1. The molecular weight excluding hydrogens is 234 g/mol. The van der Waals surface area contributed by atoms with E-state index in [1.165, 1.54) is 5.39 Å². The quantitative estimate of drug-likeness (QED) is 0.825. The van der Waals surface area contributed by atoms with E-state index in [0.717, 1.165) is 30.0 Å². The standard InChI is InChI=1S/C16H23N3/c1-12-8-9-13-6-5-7-14(15(13)19-12)17-10-11-18-16(2,3)4/h5-9,17-18H,10-11H2,1-4H3. The summed E-state index contributed by atoms with van der Waals surface area (Å²) in [6.07, 6.45) is 0. The Balaban J connectivity index is 2.06. The smallest absolute Gasteiger partial charge is 0.0936 e. The van der Waals surface area contributed by atoms with Crippen molar-refractivity contribution in [3.63, 3.8) is 0 Å². The number of aryl methyl sites for hydroxylation is 1. The van der Waals surface area contributed by atoms with Crippen molar-refractivity contribution in [3.8, 4) is 0 Å². The summed E-state index contributed by atoms with van der Waals surface area (Å²) in [6.45, 7) is 10.4. The van der Waals surface area contributed by atoms with E-state index < -0.39 is 0 Å². The van der Waals surface area contributed by atoms with Crippen molar-refractivity contribution in [2.24, 2.45) is 0 Å². The van der Waals surface area contributed by atoms with E-state index in [9.17, 15) is 0 Å². The van der Waals surface area contributed by atoms with Crippen molar-refractivity contribution in [2.45, 2.75) is 33.2 Å². The highest BCUT2D eigenvalue weighted by atomic mass is 15.0. The summed E-state index contributed by atoms with van der Waals surface area (Å²) in [6, 6.07) is 10.4. The molecule has 3 heteroatoms. The zero-order valence-electron chi connectivity index (χ0n) is 12.2. The second-order valence-electron chi connectivity index (χ2n) is 5.93. The molecule has 0 bridgehead atoms. The van der Waals surface area contributed by atoms with Gasteiger partial charge in [-0.1, -0.05) is 18.2 Å². The number of rotatable bonds is 4. The monoisotopic (exact) mass is 257 g/mol. The van der Waals surface area contributed by atoms with Crippen LogP contribution in [0.3, 0.4) is 0 Å². The first-order valence-corrected chi connectivity index (χ1v) is 6.81. The minimum absolute atomic E-state index is 0.162. The maximum absolute atomic E-state index is 4.62. The Kier molecular flexibility index (Phi) is 4.05. The van der Waals surface area contributed by atoms with Crippen molar-refractivity contribution in [3.05, 3.63) is 36.0 Å². The summed E-state index contributed by atoms with van der Waals surface area (Å²) in [5.74, 6) is 0. The Labute approximate surface area is 115 Å². The van der Waals surface area contributed by atoms with Crippen molar-refractivity contribution in [1.29, 1.82) is 0 Å². The van der Waals surface area contributed by atoms with Crippen LogP contribution in [0, 0.1) is 6.92 Å². The third kappa shape index (κ3) is 3.93. The Hall–Kier alpha value is -1.61. The molecule has 2 rings (SSSR count). The Morgan fingerprint density at radius 1 is 1.05 bits per heavy atom. The van der Waals surface area contributed by atoms with Crippen LogP contribution in [0.4, 0.5) is 5.69 Å². The molecular formula is C16H23N3. The molecule has 2 aromatic rings. The minimum atomic E-state index is 0.162. The number of nitrogens with one attached hydrogen (secondary N) is 2. The first-order chi connectivity index (χ1) is 8.96. The van der Waals surface area contributed by atoms with E-state index in [2.05, 4.69) is 60.7 Å². The zero-order valence-corrected chi connectivity index (χ0v) is 12.2. The van der Waals surface area contributed by atoms with Crippen LogP contribution in [0.25, 0.3) is 10.9 Å². The molecule has 1 aromatic carbocycles. The summed E-state index contributed by atoms with van der Waals surface area (Å²) >= 11 is 0. The third-order valence-electron chi connectivity index (χ3n) is 2.96. The van der Waals surface area contributed by atoms with Crippen molar-refractivity contribution < 1.29 is 0 Å². The number of hydrogen-bond acceptors (Lipinski definition) is 3. The highest BCUT2D eigenvalue weighted by Gasteiger charge is 2.07. The molecule has 0 aliphatic rings. The lowest BCUT2D eigenvalue weighted by molar-refractivity contribution is 0.435. The van der Waals surface area contributed by atoms with E-state index in [4.69, 9.17) is 0 Å². The van der Waals surface area contributed by atoms with Crippen LogP contribution < -0.4 is 10.6 Å². The molecule has 0 amide bonds. The summed E-state index contributed by atoms with van der Waals surface area (Å²) in [4.78, 5) is 4.62. The number of hydrogen-bond donors (Lipinski definition) is 2. The maximum Gasteiger partial charge on any atom is 0.0936 e. The van der Waals surface area contributed by atoms with Gasteiger partial charge in [-0.3, -0.25) is 4.98 Å². The van der Waals surface area contributed by atoms with Crippen LogP contribution in [0.5, 0.6) is 0 Å². The number of aromatic nitrogens is 1. The van der Waals surface area contributed by atoms with E-state index in [1.54, 1.807) is 0 Å². The summed E-state index contributed by atoms with van der Waals surface area (Å²) in [5, 5.41) is 8.11. The summed E-state index contributed by atoms with van der Waals surface area (Å²) in [5.41, 5.74) is 3.37. The Morgan fingerprint density at radius 3 is 2.58 bits per heavy atom. The van der Waals surface area contributed by atoms with Gasteiger partial charge in [0, 0.05) is 29.7 Å². The number of benzene rings is 1. The van der Waals surface area contributed by atoms with Crippen LogP contribution in [0.1, 0.15) is 26.5 Å². The fraction of sp³-hybridized carbons (Fsp3) is 0.438. The van der Waals surface area contributed by atoms with Crippen molar-refractivity contribution in [1.82, 2.24) is 10.3 Å². The molecule has 0 unspecified atom stereocenters. The molecule has 0 aliphatic heterocycles. The van der Waals surface area contributed by atoms with Gasteiger partial charge >= 0.3 is 0 Å². The Bertz CT molecular complexity index is 555. The second kappa shape index (κ2) is 5.57. The predicted octanol–water partition coefficient (Wildman–Crippen LogP) is 3.34. The lowest BCUT2D eigenvalue weighted by Gasteiger charge is -2.20. The van der Waals surface area contributed by atoms with Crippen LogP contribution in [-0.4, -0.2) is 23.6 Å². The van der Waals surface area contributed by atoms with Gasteiger partial charge in [0.05, 0.1) is 11.2 Å². The predicted molar refractivity (Wildman–Crippen MR) is 82.7 cm³/mol. The summed E-state index contributed by atoms with van der Waals surface area (Å²) < 4.78 is 0. The molecule has 0 aliphatic carbocycles. The van der Waals surface area contributed by atoms with Gasteiger partial charge in [0.25, 0.3) is 0 Å². The van der Waals surface area contributed by atoms with E-state index >= 15 is 0 Å². The first-order valence-electron chi connectivity index (χ1n) is 6.81. The van der Waals surface area contributed by atoms with Crippen molar-refractivity contribution in [2.75, 3.05) is 18.4 Å². The van der Waals surface area contributed by atoms with Gasteiger partial charge in [-0.15, -0.1) is 0 Å². The average Bonchev–Trinajstić information content (AvgIpc) is 2.33. The SMILES string of the molecule is Cc1ccc2cccc(NCCNC(C)(C)C)c2n1. The van der Waals surface area contributed by atoms with Gasteiger partial charge in [0.1, 0.15) is 0 Å². The molecule has 1 heterocycles. The molecule has 3 nitrogen and oxygen atoms in total. The van der Waals surface area contributed by atoms with Crippen LogP contribution in [0.15, 0.2) is 30.3 Å². The maximum atomic E-state index is 4.62. The average molecular weight is 257 g/mol. The fourth-order valence-corrected chi connectivity index (χ4v) is 2.02. The molecule has 0 atom stereocenters. The van der Waals surface area contributed by atoms with Gasteiger partial charge in [0.15, 0.2) is 0 Å². The molecule has 0 spiro atoms. The minimum Gasteiger partial charge on any atom is -0.382 e. The van der Waals surface area contributed by atoms with Gasteiger partial charge in [-0.05, 0) is 39.8 Å². The molecule has 102 valence electrons. The van der Waals surface area contributed by atoms with Crippen LogP contribution in [0.2, 0.25) is 0 Å². The molecule has 0 fully saturated rings. The van der Waals surface area contributed by atoms with Crippen LogP contribution >= 0.6 is 0 Å². The molecule has 0 radical (unpaired) electrons. The first kappa shape index (κ1) is 13.8. The largest absolute Gasteiger partial charge is 0.382 e. The molecule has 0 saturated heterocycles. The highest BCUT2D eigenvalue weighted by molar-refractivity contribution is 5.90. The highest BCUT2D eigenvalue weighted by Crippen LogP contribution is 2.21. The Morgan fingerprint density at radius 2 is 1.84 bits per heavy atom. The van der Waals surface area contributed by atoms with E-state index in [1.807, 2.05) is 13.0 Å². The molecule has 2 N–H and O–H groups in total. The number of anilines is 1. The van der Waals surface area contributed by atoms with E-state index in [-0.39, 0.29) is 5.54 Å². The summed E-state index contributed by atoms with van der Waals surface area (Å²) in [7, 11) is 0. The fourth-order valence-electron chi connectivity index (χ4n) is 2.02. The molecule has 19 heavy (non-hydrogen) atoms. The number of pyridine rings is 1.